The molecule has 16 aromatic rings. The topological polar surface area (TPSA) is 0 Å². The van der Waals surface area contributed by atoms with E-state index in [1.165, 1.54) is 92.8 Å². The summed E-state index contributed by atoms with van der Waals surface area (Å²) in [7, 11) is -2.86. The standard InChI is InChI=1S/2C29H16.2C28H28P2.4Au/c2*1-3-21-15-17-25-26-18-16-22(4-2)20-28(26)29(27(25)19-21,23-11-7-5-8-12-23)24-13-9-6-10-14-24;2*1-5-15-25(16-6-1)29(26-17-7-2-8-18-26)23-13-14-24-30(27-19-9-3-10-20-27)28-21-11-4-12-22-28;;;;/h2*5-20H;2*1-12,15-22H,13-14,23-24H2;;;;/q2*-2;;;4*+1/p+4. The van der Waals surface area contributed by atoms with Crippen molar-refractivity contribution < 1.29 is 89.5 Å². The number of rotatable bonds is 22. The van der Waals surface area contributed by atoms with Gasteiger partial charge in [-0.1, -0.05) is 291 Å². The molecule has 0 nitrogen and oxygen atoms in total. The van der Waals surface area contributed by atoms with E-state index in [2.05, 4.69) is 412 Å². The molecule has 0 spiro atoms. The molecule has 0 bridgehead atoms. The van der Waals surface area contributed by atoms with Crippen molar-refractivity contribution in [3.63, 3.8) is 0 Å². The van der Waals surface area contributed by atoms with Gasteiger partial charge in [0, 0.05) is 0 Å². The molecule has 2 aliphatic rings. The van der Waals surface area contributed by atoms with Crippen LogP contribution in [0, 0.1) is 49.4 Å². The zero-order valence-corrected chi connectivity index (χ0v) is 80.1. The molecule has 0 saturated carbocycles. The van der Waals surface area contributed by atoms with Crippen molar-refractivity contribution in [1.82, 2.24) is 0 Å². The van der Waals surface area contributed by atoms with Crippen molar-refractivity contribution in [3.8, 4) is 45.9 Å². The van der Waals surface area contributed by atoms with Gasteiger partial charge in [0.05, 0.1) is 110 Å². The largest absolute Gasteiger partial charge is 1.00 e. The molecule has 0 saturated heterocycles. The zero-order valence-electron chi connectivity index (χ0n) is 67.4. The van der Waals surface area contributed by atoms with E-state index < -0.39 is 42.5 Å². The van der Waals surface area contributed by atoms with Crippen LogP contribution in [-0.2, 0) is 100 Å². The fourth-order valence-electron chi connectivity index (χ4n) is 17.4. The molecule has 0 aliphatic heterocycles. The molecule has 0 radical (unpaired) electrons. The van der Waals surface area contributed by atoms with Gasteiger partial charge in [0.1, 0.15) is 0 Å². The molecule has 16 aromatic carbocycles. The number of hydrogen-bond acceptors (Lipinski definition) is 0. The quantitative estimate of drug-likeness (QED) is 0.0209. The molecule has 0 unspecified atom stereocenters. The summed E-state index contributed by atoms with van der Waals surface area (Å²) in [5.74, 6) is 10.2. The number of benzene rings is 16. The average Bonchev–Trinajstić information content (AvgIpc) is 1.54. The summed E-state index contributed by atoms with van der Waals surface area (Å²) in [6, 6.07) is 156. The van der Waals surface area contributed by atoms with E-state index in [1.54, 1.807) is 0 Å². The van der Waals surface area contributed by atoms with E-state index >= 15 is 0 Å². The smallest absolute Gasteiger partial charge is 0.366 e. The van der Waals surface area contributed by atoms with Gasteiger partial charge in [-0.15, -0.1) is 70.8 Å². The SMILES string of the molecule is [Au+].[Au+].[Au+].[Au+].[C-]#Cc1ccc2c(c1)C(c1ccccc1)(c1ccccc1)c1cc(C#[C-])ccc1-2.[C-]#Cc1ccc2c(c1)C(c1ccccc1)(c1ccccc1)c1cc(C#[C-])ccc1-2.c1ccc([PH+](CCCC[PH+](c2ccccc2)c2ccccc2)c2ccccc2)cc1.c1ccc([PH+](CCCC[PH+](c2ccccc2)c2ccccc2)c2ccccc2)cc1. The summed E-state index contributed by atoms with van der Waals surface area (Å²) in [6.45, 7) is 0. The van der Waals surface area contributed by atoms with Gasteiger partial charge in [0.25, 0.3) is 0 Å². The van der Waals surface area contributed by atoms with Crippen LogP contribution in [-0.4, -0.2) is 24.6 Å². The Morgan fingerprint density at radius 1 is 0.180 bits per heavy atom. The van der Waals surface area contributed by atoms with E-state index in [0.717, 1.165) is 89.0 Å². The second kappa shape index (κ2) is 46.8. The van der Waals surface area contributed by atoms with Crippen molar-refractivity contribution in [3.05, 3.63) is 529 Å². The molecule has 8 heteroatoms. The normalized spacial score (nSPS) is 11.7. The summed E-state index contributed by atoms with van der Waals surface area (Å²) >= 11 is 0. The Labute approximate surface area is 791 Å². The molecule has 0 fully saturated rings. The molecule has 608 valence electrons. The molecule has 0 N–H and O–H groups in total. The average molecular weight is 2370 g/mol. The second-order valence-corrected chi connectivity index (χ2v) is 40.2. The minimum atomic E-state index is -0.714. The van der Waals surface area contributed by atoms with Gasteiger partial charge in [0.15, 0.2) is 0 Å². The molecule has 122 heavy (non-hydrogen) atoms. The maximum Gasteiger partial charge on any atom is 1.00 e. The monoisotopic (exact) mass is 2370 g/mol. The summed E-state index contributed by atoms with van der Waals surface area (Å²) < 4.78 is 0. The maximum absolute atomic E-state index is 7.69. The van der Waals surface area contributed by atoms with E-state index in [4.69, 9.17) is 25.7 Å². The van der Waals surface area contributed by atoms with Gasteiger partial charge in [0.2, 0.25) is 0 Å². The first-order chi connectivity index (χ1) is 58.4. The minimum Gasteiger partial charge on any atom is -0.366 e. The van der Waals surface area contributed by atoms with Gasteiger partial charge in [-0.3, -0.25) is 23.7 Å². The zero-order chi connectivity index (χ0) is 80.6. The Kier molecular flexibility index (Phi) is 35.7. The fraction of sp³-hybridized carbons (Fsp3) is 0.0877. The van der Waals surface area contributed by atoms with Crippen molar-refractivity contribution in [2.75, 3.05) is 24.6 Å². The molecule has 0 heterocycles. The molecule has 0 amide bonds. The molecule has 0 atom stereocenters. The van der Waals surface area contributed by atoms with Crippen LogP contribution >= 0.6 is 31.7 Å². The third-order valence-electron chi connectivity index (χ3n) is 22.9. The predicted octanol–water partition coefficient (Wildman–Crippen LogP) is 22.8. The minimum absolute atomic E-state index is 0. The molecule has 0 aromatic heterocycles. The van der Waals surface area contributed by atoms with Gasteiger partial charge in [-0.25, -0.2) is 0 Å². The Hall–Kier alpha value is -9.56. The van der Waals surface area contributed by atoms with E-state index in [1.807, 2.05) is 48.5 Å². The molecule has 18 rings (SSSR count). The fourth-order valence-corrected chi connectivity index (χ4v) is 28.2. The summed E-state index contributed by atoms with van der Waals surface area (Å²) in [6.07, 6.45) is 41.1. The van der Waals surface area contributed by atoms with Gasteiger partial charge in [-0.05, 0) is 190 Å². The van der Waals surface area contributed by atoms with Crippen molar-refractivity contribution in [1.29, 1.82) is 0 Å². The summed E-state index contributed by atoms with van der Waals surface area (Å²) in [5.41, 5.74) is 15.8. The third kappa shape index (κ3) is 21.4. The van der Waals surface area contributed by atoms with E-state index in [0.29, 0.717) is 0 Å². The van der Waals surface area contributed by atoms with Crippen molar-refractivity contribution >= 4 is 74.1 Å². The van der Waals surface area contributed by atoms with Crippen LogP contribution in [0.25, 0.3) is 22.3 Å². The Morgan fingerprint density at radius 3 is 0.459 bits per heavy atom. The predicted molar refractivity (Wildman–Crippen MR) is 512 cm³/mol. The van der Waals surface area contributed by atoms with E-state index in [-0.39, 0.29) is 89.5 Å². The molecule has 2 aliphatic carbocycles. The van der Waals surface area contributed by atoms with Crippen molar-refractivity contribution in [2.45, 2.75) is 36.5 Å². The third-order valence-corrected chi connectivity index (χ3v) is 34.5. The maximum atomic E-state index is 7.69. The second-order valence-electron chi connectivity index (χ2n) is 29.8. The van der Waals surface area contributed by atoms with Crippen LogP contribution < -0.4 is 42.4 Å². The Balaban J connectivity index is 0.000000157. The summed E-state index contributed by atoms with van der Waals surface area (Å²) in [4.78, 5) is 0. The van der Waals surface area contributed by atoms with Crippen LogP contribution in [0.1, 0.15) is 92.4 Å². The number of fused-ring (bicyclic) bond motifs is 6. The molecular weight excluding hydrogens is 2280 g/mol. The number of unbranched alkanes of at least 4 members (excludes halogenated alkanes) is 2. The first-order valence-electron chi connectivity index (χ1n) is 40.8. The van der Waals surface area contributed by atoms with Gasteiger partial charge < -0.3 is 25.7 Å². The van der Waals surface area contributed by atoms with Crippen molar-refractivity contribution in [2.24, 2.45) is 0 Å². The van der Waals surface area contributed by atoms with Crippen LogP contribution in [0.3, 0.4) is 0 Å². The molecular formula is C114H92Au4P4+4. The van der Waals surface area contributed by atoms with Crippen LogP contribution in [0.4, 0.5) is 0 Å². The Morgan fingerprint density at radius 2 is 0.320 bits per heavy atom. The van der Waals surface area contributed by atoms with Crippen LogP contribution in [0.2, 0.25) is 0 Å². The first-order valence-corrected chi connectivity index (χ1v) is 47.6. The van der Waals surface area contributed by atoms with E-state index in [9.17, 15) is 0 Å². The van der Waals surface area contributed by atoms with Gasteiger partial charge >= 0.3 is 89.5 Å². The summed E-state index contributed by atoms with van der Waals surface area (Å²) in [5, 5.41) is 12.3. The first kappa shape index (κ1) is 93.1. The van der Waals surface area contributed by atoms with Crippen LogP contribution in [0.5, 0.6) is 0 Å². The van der Waals surface area contributed by atoms with Gasteiger partial charge in [-0.2, -0.15) is 0 Å². The Bertz CT molecular complexity index is 5190. The number of hydrogen-bond donors (Lipinski definition) is 0. The van der Waals surface area contributed by atoms with Crippen LogP contribution in [0.15, 0.2) is 437 Å².